The number of benzene rings is 1. The highest BCUT2D eigenvalue weighted by Gasteiger charge is 2.45. The lowest BCUT2D eigenvalue weighted by Crippen LogP contribution is -2.56. The van der Waals surface area contributed by atoms with E-state index in [1.54, 1.807) is 0 Å². The standard InChI is InChI=1S/C16H24N2OS/c1-18-16(15(17)19)10-5-8-14(16)9-11-20-12-13-6-3-2-4-7-13/h2-4,6-7,14,18H,5,8-12H2,1H3,(H2,17,19). The maximum Gasteiger partial charge on any atom is 0.238 e. The number of nitrogens with one attached hydrogen (secondary N) is 1. The number of hydrogen-bond donors (Lipinski definition) is 2. The number of rotatable bonds is 7. The van der Waals surface area contributed by atoms with Crippen molar-refractivity contribution in [3.05, 3.63) is 35.9 Å². The van der Waals surface area contributed by atoms with Gasteiger partial charge in [-0.2, -0.15) is 11.8 Å². The Bertz CT molecular complexity index is 437. The van der Waals surface area contributed by atoms with Crippen molar-refractivity contribution >= 4 is 17.7 Å². The van der Waals surface area contributed by atoms with Gasteiger partial charge in [0.1, 0.15) is 5.54 Å². The second kappa shape index (κ2) is 7.14. The molecule has 1 aliphatic rings. The van der Waals surface area contributed by atoms with Gasteiger partial charge in [0.2, 0.25) is 5.91 Å². The van der Waals surface area contributed by atoms with E-state index in [2.05, 4.69) is 29.6 Å². The normalized spacial score (nSPS) is 25.8. The molecule has 0 radical (unpaired) electrons. The third-order valence-corrected chi connectivity index (χ3v) is 5.49. The molecule has 0 spiro atoms. The highest BCUT2D eigenvalue weighted by atomic mass is 32.2. The smallest absolute Gasteiger partial charge is 0.238 e. The first-order valence-corrected chi connectivity index (χ1v) is 8.45. The van der Waals surface area contributed by atoms with Crippen molar-refractivity contribution in [2.24, 2.45) is 11.7 Å². The van der Waals surface area contributed by atoms with Crippen LogP contribution in [0.3, 0.4) is 0 Å². The lowest BCUT2D eigenvalue weighted by molar-refractivity contribution is -0.125. The Morgan fingerprint density at radius 2 is 2.20 bits per heavy atom. The summed E-state index contributed by atoms with van der Waals surface area (Å²) in [6, 6.07) is 10.5. The molecule has 4 heteroatoms. The predicted octanol–water partition coefficient (Wildman–Crippen LogP) is 2.55. The highest BCUT2D eigenvalue weighted by molar-refractivity contribution is 7.98. The zero-order chi connectivity index (χ0) is 14.4. The van der Waals surface area contributed by atoms with Crippen molar-refractivity contribution in [3.8, 4) is 0 Å². The SMILES string of the molecule is CNC1(C(N)=O)CCCC1CCSCc1ccccc1. The van der Waals surface area contributed by atoms with Gasteiger partial charge in [0.15, 0.2) is 0 Å². The van der Waals surface area contributed by atoms with Crippen LogP contribution in [-0.4, -0.2) is 24.2 Å². The fourth-order valence-corrected chi connectivity index (χ4v) is 4.26. The molecule has 1 aromatic rings. The summed E-state index contributed by atoms with van der Waals surface area (Å²) in [4.78, 5) is 11.8. The van der Waals surface area contributed by atoms with E-state index in [1.807, 2.05) is 24.9 Å². The topological polar surface area (TPSA) is 55.1 Å². The van der Waals surface area contributed by atoms with Gasteiger partial charge in [0.05, 0.1) is 0 Å². The van der Waals surface area contributed by atoms with Gasteiger partial charge in [0.25, 0.3) is 0 Å². The van der Waals surface area contributed by atoms with E-state index < -0.39 is 5.54 Å². The van der Waals surface area contributed by atoms with Gasteiger partial charge in [-0.25, -0.2) is 0 Å². The molecule has 2 rings (SSSR count). The number of thioether (sulfide) groups is 1. The van der Waals surface area contributed by atoms with Crippen LogP contribution < -0.4 is 11.1 Å². The zero-order valence-electron chi connectivity index (χ0n) is 12.1. The molecule has 1 amide bonds. The summed E-state index contributed by atoms with van der Waals surface area (Å²) in [6.07, 6.45) is 4.14. The molecular weight excluding hydrogens is 268 g/mol. The molecule has 2 atom stereocenters. The third-order valence-electron chi connectivity index (χ3n) is 4.43. The molecule has 0 heterocycles. The number of hydrogen-bond acceptors (Lipinski definition) is 3. The van der Waals surface area contributed by atoms with Crippen molar-refractivity contribution in [1.82, 2.24) is 5.32 Å². The van der Waals surface area contributed by atoms with Crippen molar-refractivity contribution in [2.75, 3.05) is 12.8 Å². The largest absolute Gasteiger partial charge is 0.368 e. The quantitative estimate of drug-likeness (QED) is 0.759. The predicted molar refractivity (Wildman–Crippen MR) is 85.5 cm³/mol. The molecule has 110 valence electrons. The second-order valence-electron chi connectivity index (χ2n) is 5.50. The van der Waals surface area contributed by atoms with E-state index in [4.69, 9.17) is 5.73 Å². The summed E-state index contributed by atoms with van der Waals surface area (Å²) in [5.41, 5.74) is 6.52. The Kier molecular flexibility index (Phi) is 5.49. The number of carbonyl (C=O) groups is 1. The molecule has 1 saturated carbocycles. The van der Waals surface area contributed by atoms with Crippen LogP contribution >= 0.6 is 11.8 Å². The lowest BCUT2D eigenvalue weighted by Gasteiger charge is -2.32. The average molecular weight is 292 g/mol. The van der Waals surface area contributed by atoms with Crippen molar-refractivity contribution in [3.63, 3.8) is 0 Å². The van der Waals surface area contributed by atoms with Crippen molar-refractivity contribution in [1.29, 1.82) is 0 Å². The molecule has 1 aliphatic carbocycles. The van der Waals surface area contributed by atoms with E-state index >= 15 is 0 Å². The Hall–Kier alpha value is -1.00. The van der Waals surface area contributed by atoms with E-state index in [0.29, 0.717) is 5.92 Å². The van der Waals surface area contributed by atoms with Gasteiger partial charge in [-0.1, -0.05) is 36.8 Å². The molecule has 3 nitrogen and oxygen atoms in total. The fraction of sp³-hybridized carbons (Fsp3) is 0.562. The minimum Gasteiger partial charge on any atom is -0.368 e. The fourth-order valence-electron chi connectivity index (χ4n) is 3.24. The van der Waals surface area contributed by atoms with Crippen LogP contribution in [-0.2, 0) is 10.5 Å². The highest BCUT2D eigenvalue weighted by Crippen LogP contribution is 2.38. The molecule has 2 unspecified atom stereocenters. The summed E-state index contributed by atoms with van der Waals surface area (Å²) >= 11 is 1.94. The average Bonchev–Trinajstić information content (AvgIpc) is 2.89. The molecule has 3 N–H and O–H groups in total. The first kappa shape index (κ1) is 15.4. The summed E-state index contributed by atoms with van der Waals surface area (Å²) in [6.45, 7) is 0. The molecule has 0 aromatic heterocycles. The van der Waals surface area contributed by atoms with Gasteiger partial charge < -0.3 is 11.1 Å². The van der Waals surface area contributed by atoms with Crippen LogP contribution in [0.15, 0.2) is 30.3 Å². The summed E-state index contributed by atoms with van der Waals surface area (Å²) in [5.74, 6) is 2.32. The monoisotopic (exact) mass is 292 g/mol. The first-order chi connectivity index (χ1) is 9.69. The van der Waals surface area contributed by atoms with Crippen molar-refractivity contribution < 1.29 is 4.79 Å². The Labute approximate surface area is 125 Å². The number of likely N-dealkylation sites (N-methyl/N-ethyl adjacent to an activating group) is 1. The molecule has 0 bridgehead atoms. The minimum atomic E-state index is -0.465. The van der Waals surface area contributed by atoms with Gasteiger partial charge in [0, 0.05) is 5.75 Å². The van der Waals surface area contributed by atoms with Crippen LogP contribution in [0.5, 0.6) is 0 Å². The Morgan fingerprint density at radius 3 is 2.85 bits per heavy atom. The maximum atomic E-state index is 11.8. The van der Waals surface area contributed by atoms with Crippen molar-refractivity contribution in [2.45, 2.75) is 37.0 Å². The van der Waals surface area contributed by atoms with Gasteiger partial charge in [-0.3, -0.25) is 4.79 Å². The molecule has 1 aromatic carbocycles. The van der Waals surface area contributed by atoms with Crippen LogP contribution in [0.25, 0.3) is 0 Å². The number of primary amides is 1. The maximum absolute atomic E-state index is 11.8. The number of nitrogens with two attached hydrogens (primary N) is 1. The molecule has 0 aliphatic heterocycles. The van der Waals surface area contributed by atoms with Crippen LogP contribution in [0.4, 0.5) is 0 Å². The minimum absolute atomic E-state index is 0.185. The van der Waals surface area contributed by atoms with Gasteiger partial charge >= 0.3 is 0 Å². The summed E-state index contributed by atoms with van der Waals surface area (Å²) < 4.78 is 0. The summed E-state index contributed by atoms with van der Waals surface area (Å²) in [5, 5.41) is 3.20. The molecule has 1 fully saturated rings. The molecule has 20 heavy (non-hydrogen) atoms. The van der Waals surface area contributed by atoms with Crippen LogP contribution in [0, 0.1) is 5.92 Å². The van der Waals surface area contributed by atoms with E-state index in [-0.39, 0.29) is 5.91 Å². The number of carbonyl (C=O) groups excluding carboxylic acids is 1. The summed E-state index contributed by atoms with van der Waals surface area (Å²) in [7, 11) is 1.86. The lowest BCUT2D eigenvalue weighted by atomic mass is 9.84. The van der Waals surface area contributed by atoms with E-state index in [1.165, 1.54) is 5.56 Å². The Balaban J connectivity index is 1.80. The molecule has 0 saturated heterocycles. The van der Waals surface area contributed by atoms with E-state index in [9.17, 15) is 4.79 Å². The second-order valence-corrected chi connectivity index (χ2v) is 6.61. The molecular formula is C16H24N2OS. The first-order valence-electron chi connectivity index (χ1n) is 7.29. The third kappa shape index (κ3) is 3.36. The van der Waals surface area contributed by atoms with Gasteiger partial charge in [-0.15, -0.1) is 0 Å². The van der Waals surface area contributed by atoms with Gasteiger partial charge in [-0.05, 0) is 43.5 Å². The number of amides is 1. The zero-order valence-corrected chi connectivity index (χ0v) is 12.9. The van der Waals surface area contributed by atoms with E-state index in [0.717, 1.165) is 37.2 Å². The van der Waals surface area contributed by atoms with Crippen LogP contribution in [0.2, 0.25) is 0 Å². The Morgan fingerprint density at radius 1 is 1.45 bits per heavy atom. The van der Waals surface area contributed by atoms with Crippen LogP contribution in [0.1, 0.15) is 31.2 Å².